The number of benzene rings is 3. The first-order valence-electron chi connectivity index (χ1n) is 15.0. The molecule has 3 N–H and O–H groups in total. The van der Waals surface area contributed by atoms with Crippen LogP contribution in [0.25, 0.3) is 0 Å². The molecule has 3 atom stereocenters. The second-order valence-electron chi connectivity index (χ2n) is 10.8. The maximum atomic E-state index is 12.8. The number of carbonyl (C=O) groups is 1. The second-order valence-corrected chi connectivity index (χ2v) is 10.8. The summed E-state index contributed by atoms with van der Waals surface area (Å²) in [5, 5.41) is 10.2. The number of rotatable bonds is 11. The average molecular weight is 594 g/mol. The number of carbonyl (C=O) groups excluding carboxylic acids is 3. The highest BCUT2D eigenvalue weighted by Gasteiger charge is 2.24. The molecule has 232 valence electrons. The topological polar surface area (TPSA) is 87.3 Å². The van der Waals surface area contributed by atoms with Crippen molar-refractivity contribution in [3.63, 3.8) is 0 Å². The molecule has 1 aliphatic carbocycles. The van der Waals surface area contributed by atoms with Gasteiger partial charge in [0, 0.05) is 24.1 Å². The van der Waals surface area contributed by atoms with Gasteiger partial charge >= 0.3 is 6.15 Å². The van der Waals surface area contributed by atoms with E-state index in [9.17, 15) is 13.6 Å². The van der Waals surface area contributed by atoms with Gasteiger partial charge in [-0.05, 0) is 75.4 Å². The Bertz CT molecular complexity index is 1280. The summed E-state index contributed by atoms with van der Waals surface area (Å²) < 4.78 is 23.9. The van der Waals surface area contributed by atoms with Crippen LogP contribution in [0.5, 0.6) is 0 Å². The Morgan fingerprint density at radius 3 is 2.28 bits per heavy atom. The lowest BCUT2D eigenvalue weighted by Gasteiger charge is -2.28. The van der Waals surface area contributed by atoms with E-state index in [1.165, 1.54) is 41.7 Å². The molecule has 3 aromatic rings. The first-order valence-corrected chi connectivity index (χ1v) is 15.0. The molecule has 0 fully saturated rings. The van der Waals surface area contributed by atoms with E-state index in [4.69, 9.17) is 9.59 Å². The van der Waals surface area contributed by atoms with Gasteiger partial charge in [-0.15, -0.1) is 0 Å². The summed E-state index contributed by atoms with van der Waals surface area (Å²) in [5.74, 6) is 0.106. The van der Waals surface area contributed by atoms with Crippen molar-refractivity contribution < 1.29 is 23.2 Å². The van der Waals surface area contributed by atoms with Crippen LogP contribution in [-0.2, 0) is 20.8 Å². The molecule has 0 heterocycles. The summed E-state index contributed by atoms with van der Waals surface area (Å²) >= 11 is 0. The second kappa shape index (κ2) is 19.5. The molecule has 43 heavy (non-hydrogen) atoms. The van der Waals surface area contributed by atoms with Crippen molar-refractivity contribution in [2.45, 2.75) is 83.8 Å². The predicted octanol–water partition coefficient (Wildman–Crippen LogP) is 7.33. The van der Waals surface area contributed by atoms with E-state index in [1.54, 1.807) is 19.1 Å². The summed E-state index contributed by atoms with van der Waals surface area (Å²) in [4.78, 5) is 29.1. The molecule has 8 heteroatoms. The van der Waals surface area contributed by atoms with Crippen LogP contribution >= 0.6 is 0 Å². The zero-order chi connectivity index (χ0) is 31.6. The molecule has 1 unspecified atom stereocenters. The molecule has 0 saturated heterocycles. The summed E-state index contributed by atoms with van der Waals surface area (Å²) in [7, 11) is 1.91. The summed E-state index contributed by atoms with van der Waals surface area (Å²) in [6.07, 6.45) is 4.00. The number of alkyl halides is 2. The van der Waals surface area contributed by atoms with E-state index >= 15 is 0 Å². The van der Waals surface area contributed by atoms with Crippen LogP contribution < -0.4 is 16.0 Å². The van der Waals surface area contributed by atoms with Gasteiger partial charge in [0.2, 0.25) is 5.91 Å². The minimum atomic E-state index is -2.35. The normalized spacial score (nSPS) is 15.0. The molecule has 1 aliphatic rings. The van der Waals surface area contributed by atoms with Gasteiger partial charge in [0.15, 0.2) is 0 Å². The van der Waals surface area contributed by atoms with Crippen molar-refractivity contribution in [2.24, 2.45) is 0 Å². The number of hydrogen-bond donors (Lipinski definition) is 3. The highest BCUT2D eigenvalue weighted by Crippen LogP contribution is 2.32. The smallest absolute Gasteiger partial charge is 0.349 e. The molecule has 0 aromatic heterocycles. The van der Waals surface area contributed by atoms with Crippen LogP contribution in [0.4, 0.5) is 8.78 Å². The summed E-state index contributed by atoms with van der Waals surface area (Å²) in [5.41, 5.74) is 6.14. The quantitative estimate of drug-likeness (QED) is 0.203. The van der Waals surface area contributed by atoms with Gasteiger partial charge in [0.25, 0.3) is 6.43 Å². The van der Waals surface area contributed by atoms with Crippen LogP contribution in [0.1, 0.15) is 104 Å². The molecule has 0 saturated carbocycles. The van der Waals surface area contributed by atoms with Gasteiger partial charge in [0.1, 0.15) is 0 Å². The van der Waals surface area contributed by atoms with Crippen LogP contribution in [0.15, 0.2) is 72.8 Å². The molecule has 4 rings (SSSR count). The number of amides is 1. The lowest BCUT2D eigenvalue weighted by atomic mass is 9.85. The zero-order valence-corrected chi connectivity index (χ0v) is 25.7. The third kappa shape index (κ3) is 12.2. The van der Waals surface area contributed by atoms with E-state index in [1.807, 2.05) is 25.2 Å². The monoisotopic (exact) mass is 593 g/mol. The average Bonchev–Trinajstić information content (AvgIpc) is 3.01. The van der Waals surface area contributed by atoms with Crippen LogP contribution in [0.3, 0.4) is 0 Å². The van der Waals surface area contributed by atoms with Crippen molar-refractivity contribution in [3.8, 4) is 0 Å². The van der Waals surface area contributed by atoms with Crippen LogP contribution in [0, 0.1) is 6.92 Å². The maximum absolute atomic E-state index is 12.8. The number of hydrogen-bond acceptors (Lipinski definition) is 5. The predicted molar refractivity (Wildman–Crippen MR) is 166 cm³/mol. The van der Waals surface area contributed by atoms with Crippen LogP contribution in [0.2, 0.25) is 0 Å². The molecule has 0 aliphatic heterocycles. The van der Waals surface area contributed by atoms with Crippen molar-refractivity contribution in [1.29, 1.82) is 0 Å². The molecule has 6 nitrogen and oxygen atoms in total. The fraction of sp³-hybridized carbons (Fsp3) is 0.429. The minimum absolute atomic E-state index is 0.0340. The number of nitrogens with one attached hydrogen (secondary N) is 3. The zero-order valence-electron chi connectivity index (χ0n) is 25.7. The third-order valence-electron chi connectivity index (χ3n) is 7.53. The third-order valence-corrected chi connectivity index (χ3v) is 7.53. The first kappa shape index (κ1) is 35.5. The molecule has 1 amide bonds. The molecule has 3 aromatic carbocycles. The van der Waals surface area contributed by atoms with Gasteiger partial charge in [-0.3, -0.25) is 4.79 Å². The Balaban J connectivity index is 0.000000413. The van der Waals surface area contributed by atoms with E-state index in [0.717, 1.165) is 36.9 Å². The highest BCUT2D eigenvalue weighted by atomic mass is 19.3. The van der Waals surface area contributed by atoms with E-state index in [-0.39, 0.29) is 29.7 Å². The highest BCUT2D eigenvalue weighted by molar-refractivity contribution is 5.77. The van der Waals surface area contributed by atoms with E-state index in [0.29, 0.717) is 12.5 Å². The van der Waals surface area contributed by atoms with E-state index in [2.05, 4.69) is 60.1 Å². The van der Waals surface area contributed by atoms with Gasteiger partial charge in [0.05, 0.1) is 6.04 Å². The van der Waals surface area contributed by atoms with Crippen molar-refractivity contribution in [1.82, 2.24) is 16.0 Å². The SMILES string of the molecule is CCCCNC(C)c1ccc2c(c1)CCC[C@H]2NC(=O)C[C@@H](NC)c1ccccc1.Cc1cccc(C(F)F)c1.O=C=O. The number of halogens is 2. The molecular weight excluding hydrogens is 548 g/mol. The minimum Gasteiger partial charge on any atom is -0.349 e. The van der Waals surface area contributed by atoms with Gasteiger partial charge in [-0.1, -0.05) is 91.7 Å². The Morgan fingerprint density at radius 2 is 1.67 bits per heavy atom. The fourth-order valence-electron chi connectivity index (χ4n) is 5.18. The molecule has 0 bridgehead atoms. The Kier molecular flexibility index (Phi) is 16.1. The fourth-order valence-corrected chi connectivity index (χ4v) is 5.18. The van der Waals surface area contributed by atoms with Gasteiger partial charge in [-0.25, -0.2) is 8.78 Å². The number of aryl methyl sites for hydroxylation is 2. The van der Waals surface area contributed by atoms with Gasteiger partial charge in [-0.2, -0.15) is 9.59 Å². The standard InChI is InChI=1S/C26H37N3O.C8H8F2.CO2/c1-4-5-16-28-19(2)21-14-15-23-22(17-21)12-9-13-24(23)29-26(30)18-25(27-3)20-10-7-6-8-11-20;1-6-3-2-4-7(5-6)8(9)10;2-1-3/h6-8,10-11,14-15,17,19,24-25,27-28H,4-5,9,12-13,16,18H2,1-3H3,(H,29,30);2-5,8H,1H3;/t19?,24-,25-;;/m1../s1. The Labute approximate surface area is 254 Å². The largest absolute Gasteiger partial charge is 0.373 e. The Hall–Kier alpha value is -3.71. The maximum Gasteiger partial charge on any atom is 0.373 e. The number of unbranched alkanes of at least 4 members (excludes halogenated alkanes) is 1. The Morgan fingerprint density at radius 1 is 0.977 bits per heavy atom. The van der Waals surface area contributed by atoms with E-state index < -0.39 is 6.43 Å². The lowest BCUT2D eigenvalue weighted by molar-refractivity contribution is -0.191. The first-order chi connectivity index (χ1) is 20.7. The van der Waals surface area contributed by atoms with Crippen LogP contribution in [-0.4, -0.2) is 25.7 Å². The van der Waals surface area contributed by atoms with Crippen molar-refractivity contribution in [3.05, 3.63) is 106 Å². The number of fused-ring (bicyclic) bond motifs is 1. The molecule has 0 spiro atoms. The molecule has 0 radical (unpaired) electrons. The lowest BCUT2D eigenvalue weighted by Crippen LogP contribution is -2.33. The van der Waals surface area contributed by atoms with Gasteiger partial charge < -0.3 is 16.0 Å². The molecular formula is C35H45F2N3O3. The van der Waals surface area contributed by atoms with Crippen molar-refractivity contribution in [2.75, 3.05) is 13.6 Å². The summed E-state index contributed by atoms with van der Waals surface area (Å²) in [6, 6.07) is 23.9. The summed E-state index contributed by atoms with van der Waals surface area (Å²) in [6.45, 7) is 7.31. The van der Waals surface area contributed by atoms with Crippen molar-refractivity contribution >= 4 is 12.1 Å².